The van der Waals surface area contributed by atoms with Gasteiger partial charge in [-0.1, -0.05) is 29.8 Å². The van der Waals surface area contributed by atoms with Gasteiger partial charge in [0.1, 0.15) is 17.9 Å². The maximum atomic E-state index is 11.5. The van der Waals surface area contributed by atoms with Crippen LogP contribution in [0, 0.1) is 0 Å². The maximum Gasteiger partial charge on any atom is 0.339 e. The molecule has 7 heteroatoms. The van der Waals surface area contributed by atoms with Crippen molar-refractivity contribution in [1.29, 1.82) is 0 Å². The smallest absolute Gasteiger partial charge is 0.339 e. The van der Waals surface area contributed by atoms with Crippen molar-refractivity contribution < 1.29 is 14.6 Å². The average Bonchev–Trinajstić information content (AvgIpc) is 3.00. The molecule has 0 radical (unpaired) electrons. The van der Waals surface area contributed by atoms with Crippen molar-refractivity contribution >= 4 is 34.0 Å². The molecule has 0 saturated heterocycles. The molecule has 0 amide bonds. The molecule has 0 spiro atoms. The molecule has 3 rings (SSSR count). The summed E-state index contributed by atoms with van der Waals surface area (Å²) in [7, 11) is 0. The molecule has 122 valence electrons. The van der Waals surface area contributed by atoms with E-state index in [1.165, 1.54) is 17.4 Å². The maximum absolute atomic E-state index is 11.5. The summed E-state index contributed by atoms with van der Waals surface area (Å²) in [6.45, 7) is 0.183. The number of nitrogen functional groups attached to an aromatic ring is 1. The Labute approximate surface area is 147 Å². The monoisotopic (exact) mass is 360 g/mol. The normalized spacial score (nSPS) is 10.5. The van der Waals surface area contributed by atoms with Gasteiger partial charge in [-0.3, -0.25) is 0 Å². The van der Waals surface area contributed by atoms with Crippen molar-refractivity contribution in [2.45, 2.75) is 6.61 Å². The summed E-state index contributed by atoms with van der Waals surface area (Å²) >= 11 is 7.39. The van der Waals surface area contributed by atoms with Crippen molar-refractivity contribution in [3.05, 3.63) is 64.0 Å². The predicted molar refractivity (Wildman–Crippen MR) is 94.7 cm³/mol. The molecule has 0 aliphatic heterocycles. The molecular formula is C17H13ClN2O3S. The standard InChI is InChI=1S/C17H13ClN2O3S/c18-13-4-2-1-3-11(13)8-23-15-6-5-10(7-12(15)16(21)22)14-9-24-17(19)20-14/h1-7,9H,8H2,(H2,19,20)(H,21,22). The number of anilines is 1. The molecule has 0 unspecified atom stereocenters. The van der Waals surface area contributed by atoms with Gasteiger partial charge in [-0.15, -0.1) is 11.3 Å². The van der Waals surface area contributed by atoms with Crippen LogP contribution in [0.5, 0.6) is 5.75 Å². The molecule has 0 aliphatic carbocycles. The van der Waals surface area contributed by atoms with E-state index in [0.29, 0.717) is 21.4 Å². The molecule has 0 aliphatic rings. The first-order chi connectivity index (χ1) is 11.5. The second kappa shape index (κ2) is 6.90. The van der Waals surface area contributed by atoms with Crippen molar-refractivity contribution in [3.63, 3.8) is 0 Å². The average molecular weight is 361 g/mol. The Balaban J connectivity index is 1.88. The van der Waals surface area contributed by atoms with Crippen LogP contribution in [0.4, 0.5) is 5.13 Å². The van der Waals surface area contributed by atoms with Crippen LogP contribution in [-0.2, 0) is 6.61 Å². The Morgan fingerprint density at radius 2 is 2.08 bits per heavy atom. The number of carboxylic acid groups (broad SMARTS) is 1. The number of ether oxygens (including phenoxy) is 1. The summed E-state index contributed by atoms with van der Waals surface area (Å²) in [5.74, 6) is -0.802. The van der Waals surface area contributed by atoms with E-state index in [2.05, 4.69) is 4.98 Å². The van der Waals surface area contributed by atoms with Crippen LogP contribution in [0.2, 0.25) is 5.02 Å². The third-order valence-electron chi connectivity index (χ3n) is 3.37. The van der Waals surface area contributed by atoms with E-state index in [-0.39, 0.29) is 17.9 Å². The van der Waals surface area contributed by atoms with Crippen LogP contribution in [0.1, 0.15) is 15.9 Å². The molecule has 0 saturated carbocycles. The first-order valence-electron chi connectivity index (χ1n) is 6.99. The van der Waals surface area contributed by atoms with Gasteiger partial charge in [0, 0.05) is 21.5 Å². The van der Waals surface area contributed by atoms with Gasteiger partial charge in [0.25, 0.3) is 0 Å². The predicted octanol–water partition coefficient (Wildman–Crippen LogP) is 4.32. The first kappa shape index (κ1) is 16.3. The lowest BCUT2D eigenvalue weighted by atomic mass is 10.1. The highest BCUT2D eigenvalue weighted by molar-refractivity contribution is 7.13. The summed E-state index contributed by atoms with van der Waals surface area (Å²) < 4.78 is 5.65. The lowest BCUT2D eigenvalue weighted by molar-refractivity contribution is 0.0692. The number of carboxylic acids is 1. The minimum atomic E-state index is -1.07. The number of benzene rings is 2. The Morgan fingerprint density at radius 3 is 2.75 bits per heavy atom. The van der Waals surface area contributed by atoms with E-state index < -0.39 is 5.97 Å². The lowest BCUT2D eigenvalue weighted by Gasteiger charge is -2.11. The fourth-order valence-electron chi connectivity index (χ4n) is 2.17. The van der Waals surface area contributed by atoms with Gasteiger partial charge in [-0.2, -0.15) is 0 Å². The highest BCUT2D eigenvalue weighted by atomic mass is 35.5. The van der Waals surface area contributed by atoms with Gasteiger partial charge >= 0.3 is 5.97 Å². The minimum Gasteiger partial charge on any atom is -0.488 e. The summed E-state index contributed by atoms with van der Waals surface area (Å²) in [6, 6.07) is 12.2. The largest absolute Gasteiger partial charge is 0.488 e. The molecule has 3 aromatic rings. The third kappa shape index (κ3) is 3.50. The van der Waals surface area contributed by atoms with Gasteiger partial charge in [0.05, 0.1) is 5.69 Å². The van der Waals surface area contributed by atoms with Crippen LogP contribution in [0.25, 0.3) is 11.3 Å². The fourth-order valence-corrected chi connectivity index (χ4v) is 2.94. The highest BCUT2D eigenvalue weighted by Gasteiger charge is 2.15. The third-order valence-corrected chi connectivity index (χ3v) is 4.41. The number of hydrogen-bond donors (Lipinski definition) is 2. The number of aromatic nitrogens is 1. The summed E-state index contributed by atoms with van der Waals surface area (Å²) in [4.78, 5) is 15.7. The van der Waals surface area contributed by atoms with E-state index in [0.717, 1.165) is 5.56 Å². The SMILES string of the molecule is Nc1nc(-c2ccc(OCc3ccccc3Cl)c(C(=O)O)c2)cs1. The second-order valence-corrected chi connectivity index (χ2v) is 6.26. The molecule has 0 fully saturated rings. The van der Waals surface area contributed by atoms with Crippen LogP contribution < -0.4 is 10.5 Å². The number of nitrogens with two attached hydrogens (primary N) is 1. The van der Waals surface area contributed by atoms with Crippen molar-refractivity contribution in [2.75, 3.05) is 5.73 Å². The summed E-state index contributed by atoms with van der Waals surface area (Å²) in [5.41, 5.74) is 7.78. The zero-order chi connectivity index (χ0) is 17.1. The number of rotatable bonds is 5. The van der Waals surface area contributed by atoms with Crippen LogP contribution >= 0.6 is 22.9 Å². The first-order valence-corrected chi connectivity index (χ1v) is 8.25. The van der Waals surface area contributed by atoms with E-state index in [1.54, 1.807) is 23.6 Å². The van der Waals surface area contributed by atoms with Crippen molar-refractivity contribution in [3.8, 4) is 17.0 Å². The van der Waals surface area contributed by atoms with E-state index in [4.69, 9.17) is 22.1 Å². The zero-order valence-corrected chi connectivity index (χ0v) is 14.0. The fraction of sp³-hybridized carbons (Fsp3) is 0.0588. The minimum absolute atomic E-state index is 0.0612. The second-order valence-electron chi connectivity index (χ2n) is 4.97. The molecule has 5 nitrogen and oxygen atoms in total. The van der Waals surface area contributed by atoms with Crippen LogP contribution in [-0.4, -0.2) is 16.1 Å². The van der Waals surface area contributed by atoms with E-state index in [1.807, 2.05) is 18.2 Å². The molecule has 24 heavy (non-hydrogen) atoms. The van der Waals surface area contributed by atoms with Crippen LogP contribution in [0.3, 0.4) is 0 Å². The van der Waals surface area contributed by atoms with E-state index >= 15 is 0 Å². The highest BCUT2D eigenvalue weighted by Crippen LogP contribution is 2.29. The molecule has 0 bridgehead atoms. The van der Waals surface area contributed by atoms with Gasteiger partial charge < -0.3 is 15.6 Å². The summed E-state index contributed by atoms with van der Waals surface area (Å²) in [5, 5.41) is 12.2. The topological polar surface area (TPSA) is 85.4 Å². The number of hydrogen-bond acceptors (Lipinski definition) is 5. The Bertz CT molecular complexity index is 895. The Morgan fingerprint density at radius 1 is 1.29 bits per heavy atom. The molecule has 3 N–H and O–H groups in total. The lowest BCUT2D eigenvalue weighted by Crippen LogP contribution is -2.04. The van der Waals surface area contributed by atoms with Gasteiger partial charge in [0.2, 0.25) is 0 Å². The quantitative estimate of drug-likeness (QED) is 0.707. The molecular weight excluding hydrogens is 348 g/mol. The van der Waals surface area contributed by atoms with Gasteiger partial charge in [-0.05, 0) is 24.3 Å². The number of halogens is 1. The number of nitrogens with zero attached hydrogens (tertiary/aromatic N) is 1. The summed E-state index contributed by atoms with van der Waals surface area (Å²) in [6.07, 6.45) is 0. The van der Waals surface area contributed by atoms with Gasteiger partial charge in [0.15, 0.2) is 5.13 Å². The number of thiazole rings is 1. The molecule has 2 aromatic carbocycles. The molecule has 1 aromatic heterocycles. The number of carbonyl (C=O) groups is 1. The van der Waals surface area contributed by atoms with Crippen molar-refractivity contribution in [2.24, 2.45) is 0 Å². The van der Waals surface area contributed by atoms with Crippen molar-refractivity contribution in [1.82, 2.24) is 4.98 Å². The molecule has 0 atom stereocenters. The Hall–Kier alpha value is -2.57. The molecule has 1 heterocycles. The number of aromatic carboxylic acids is 1. The van der Waals surface area contributed by atoms with Crippen LogP contribution in [0.15, 0.2) is 47.8 Å². The zero-order valence-electron chi connectivity index (χ0n) is 12.4. The Kier molecular flexibility index (Phi) is 4.69. The van der Waals surface area contributed by atoms with Gasteiger partial charge in [-0.25, -0.2) is 9.78 Å². The van der Waals surface area contributed by atoms with E-state index in [9.17, 15) is 9.90 Å².